The van der Waals surface area contributed by atoms with Crippen molar-refractivity contribution < 1.29 is 18.8 Å². The van der Waals surface area contributed by atoms with E-state index in [2.05, 4.69) is 20.9 Å². The Labute approximate surface area is 216 Å². The number of nitro groups is 1. The summed E-state index contributed by atoms with van der Waals surface area (Å²) in [6, 6.07) is 8.19. The first-order valence-corrected chi connectivity index (χ1v) is 13.2. The molecule has 1 atom stereocenters. The van der Waals surface area contributed by atoms with Crippen LogP contribution in [0.2, 0.25) is 0 Å². The number of hydrogen-bond donors (Lipinski definition) is 3. The minimum atomic E-state index is -0.442. The van der Waals surface area contributed by atoms with E-state index in [-0.39, 0.29) is 6.04 Å². The Bertz CT molecular complexity index is 1030. The topological polar surface area (TPSA) is 114 Å². The number of furan rings is 1. The highest BCUT2D eigenvalue weighted by Gasteiger charge is 2.22. The molecule has 0 saturated carbocycles. The Kier molecular flexibility index (Phi) is 10.8. The lowest BCUT2D eigenvalue weighted by Gasteiger charge is -2.28. The molecule has 198 valence electrons. The molecule has 0 amide bonds. The van der Waals surface area contributed by atoms with E-state index in [0.717, 1.165) is 60.9 Å². The monoisotopic (exact) mass is 519 g/mol. The fraction of sp³-hybridized carbons (Fsp3) is 0.520. The van der Waals surface area contributed by atoms with E-state index in [0.29, 0.717) is 24.7 Å². The van der Waals surface area contributed by atoms with Crippen molar-refractivity contribution >= 4 is 11.8 Å². The van der Waals surface area contributed by atoms with Crippen LogP contribution in [0.25, 0.3) is 0 Å². The van der Waals surface area contributed by atoms with Crippen molar-refractivity contribution in [3.8, 4) is 11.5 Å². The normalized spacial score (nSPS) is 15.5. The largest absolute Gasteiger partial charge is 0.493 e. The van der Waals surface area contributed by atoms with Gasteiger partial charge in [0.1, 0.15) is 11.5 Å². The van der Waals surface area contributed by atoms with Crippen molar-refractivity contribution in [3.63, 3.8) is 0 Å². The molecule has 11 heteroatoms. The second-order valence-corrected chi connectivity index (χ2v) is 9.90. The summed E-state index contributed by atoms with van der Waals surface area (Å²) in [4.78, 5) is 12.7. The number of methoxy groups -OCH3 is 2. The molecule has 3 rings (SSSR count). The van der Waals surface area contributed by atoms with Crippen LogP contribution in [0.5, 0.6) is 11.5 Å². The third-order valence-electron chi connectivity index (χ3n) is 5.78. The number of hydrogen-bond acceptors (Lipinski definition) is 10. The molecule has 0 saturated heterocycles. The molecule has 2 heterocycles. The van der Waals surface area contributed by atoms with Gasteiger partial charge in [-0.3, -0.25) is 10.1 Å². The van der Waals surface area contributed by atoms with Crippen molar-refractivity contribution in [1.29, 1.82) is 0 Å². The van der Waals surface area contributed by atoms with Gasteiger partial charge in [0.25, 0.3) is 6.20 Å². The Morgan fingerprint density at radius 2 is 1.94 bits per heavy atom. The van der Waals surface area contributed by atoms with Crippen LogP contribution < -0.4 is 25.4 Å². The first-order chi connectivity index (χ1) is 17.4. The Hall–Kier alpha value is -2.89. The maximum atomic E-state index is 11.1. The predicted molar refractivity (Wildman–Crippen MR) is 142 cm³/mol. The lowest BCUT2D eigenvalue weighted by molar-refractivity contribution is -0.404. The molecule has 2 aromatic rings. The van der Waals surface area contributed by atoms with Crippen LogP contribution in [0.15, 0.2) is 40.7 Å². The van der Waals surface area contributed by atoms with Gasteiger partial charge in [0, 0.05) is 24.9 Å². The van der Waals surface area contributed by atoms with Crippen LogP contribution in [0.4, 0.5) is 0 Å². The second kappa shape index (κ2) is 14.0. The first-order valence-electron chi connectivity index (χ1n) is 12.0. The zero-order valence-electron chi connectivity index (χ0n) is 21.5. The predicted octanol–water partition coefficient (Wildman–Crippen LogP) is 3.12. The lowest BCUT2D eigenvalue weighted by Crippen LogP contribution is -2.34. The van der Waals surface area contributed by atoms with Crippen LogP contribution in [-0.4, -0.2) is 63.5 Å². The highest BCUT2D eigenvalue weighted by molar-refractivity contribution is 7.98. The summed E-state index contributed by atoms with van der Waals surface area (Å²) in [7, 11) is 7.28. The third kappa shape index (κ3) is 8.35. The quantitative estimate of drug-likeness (QED) is 0.184. The van der Waals surface area contributed by atoms with Crippen LogP contribution >= 0.6 is 11.8 Å². The van der Waals surface area contributed by atoms with Crippen molar-refractivity contribution in [2.75, 3.05) is 53.7 Å². The van der Waals surface area contributed by atoms with Crippen LogP contribution in [0.3, 0.4) is 0 Å². The van der Waals surface area contributed by atoms with Gasteiger partial charge in [-0.25, -0.2) is 0 Å². The van der Waals surface area contributed by atoms with Crippen LogP contribution in [0.1, 0.15) is 35.1 Å². The number of benzene rings is 1. The molecule has 0 bridgehead atoms. The van der Waals surface area contributed by atoms with Crippen molar-refractivity contribution in [3.05, 3.63) is 69.0 Å². The fourth-order valence-corrected chi connectivity index (χ4v) is 4.91. The number of ether oxygens (including phenoxy) is 2. The van der Waals surface area contributed by atoms with Crippen LogP contribution in [-0.2, 0) is 18.7 Å². The van der Waals surface area contributed by atoms with Gasteiger partial charge >= 0.3 is 0 Å². The molecule has 0 fully saturated rings. The van der Waals surface area contributed by atoms with Gasteiger partial charge in [-0.15, -0.1) is 0 Å². The molecule has 0 radical (unpaired) electrons. The molecule has 0 spiro atoms. The summed E-state index contributed by atoms with van der Waals surface area (Å²) < 4.78 is 16.7. The summed E-state index contributed by atoms with van der Waals surface area (Å²) in [5.41, 5.74) is 2.41. The average Bonchev–Trinajstić information content (AvgIpc) is 3.28. The van der Waals surface area contributed by atoms with Gasteiger partial charge in [-0.2, -0.15) is 11.8 Å². The number of nitrogens with one attached hydrogen (secondary N) is 3. The zero-order valence-corrected chi connectivity index (χ0v) is 22.3. The maximum absolute atomic E-state index is 11.1. The summed E-state index contributed by atoms with van der Waals surface area (Å²) in [6.07, 6.45) is 2.67. The van der Waals surface area contributed by atoms with Gasteiger partial charge in [0.2, 0.25) is 0 Å². The highest BCUT2D eigenvalue weighted by atomic mass is 32.2. The Balaban J connectivity index is 1.45. The molecule has 1 aliphatic rings. The third-order valence-corrected chi connectivity index (χ3v) is 6.77. The number of fused-ring (bicyclic) bond motifs is 1. The molecule has 1 unspecified atom stereocenters. The maximum Gasteiger partial charge on any atom is 0.274 e. The second-order valence-electron chi connectivity index (χ2n) is 8.79. The van der Waals surface area contributed by atoms with E-state index in [1.807, 2.05) is 38.4 Å². The highest BCUT2D eigenvalue weighted by Crippen LogP contribution is 2.36. The average molecular weight is 520 g/mol. The summed E-state index contributed by atoms with van der Waals surface area (Å²) in [6.45, 7) is 2.82. The molecule has 1 aromatic carbocycles. The summed E-state index contributed by atoms with van der Waals surface area (Å²) >= 11 is 1.72. The van der Waals surface area contributed by atoms with E-state index < -0.39 is 4.92 Å². The Morgan fingerprint density at radius 1 is 1.22 bits per heavy atom. The molecular weight excluding hydrogens is 482 g/mol. The first kappa shape index (κ1) is 27.7. The molecule has 3 N–H and O–H groups in total. The van der Waals surface area contributed by atoms with Crippen molar-refractivity contribution in [1.82, 2.24) is 20.9 Å². The molecule has 1 aromatic heterocycles. The minimum Gasteiger partial charge on any atom is -0.493 e. The molecule has 0 aliphatic carbocycles. The molecule has 10 nitrogen and oxygen atoms in total. The van der Waals surface area contributed by atoms with Gasteiger partial charge in [0.05, 0.1) is 31.4 Å². The number of thioether (sulfide) groups is 1. The van der Waals surface area contributed by atoms with E-state index in [1.165, 1.54) is 11.1 Å². The van der Waals surface area contributed by atoms with Gasteiger partial charge in [-0.1, -0.05) is 0 Å². The fourth-order valence-electron chi connectivity index (χ4n) is 4.16. The van der Waals surface area contributed by atoms with Gasteiger partial charge in [0.15, 0.2) is 17.3 Å². The van der Waals surface area contributed by atoms with Crippen molar-refractivity contribution in [2.24, 2.45) is 0 Å². The van der Waals surface area contributed by atoms with Gasteiger partial charge in [-0.05, 0) is 68.9 Å². The van der Waals surface area contributed by atoms with Crippen molar-refractivity contribution in [2.45, 2.75) is 31.2 Å². The standard InChI is InChI=1S/C25H37N5O5S/c1-29(2)15-19-5-6-20(35-19)17-36-12-11-28-25(16-30(31)32)27-10-8-22-21-14-24(34-4)23(33-3)13-18(21)7-9-26-22/h5-6,13-14,16,22,26-28H,7-12,15,17H2,1-4H3. The van der Waals surface area contributed by atoms with E-state index >= 15 is 0 Å². The summed E-state index contributed by atoms with van der Waals surface area (Å²) in [5, 5.41) is 21.0. The number of nitrogens with zero attached hydrogens (tertiary/aromatic N) is 2. The number of rotatable bonds is 15. The van der Waals surface area contributed by atoms with E-state index in [9.17, 15) is 10.1 Å². The lowest BCUT2D eigenvalue weighted by atomic mass is 9.92. The van der Waals surface area contributed by atoms with E-state index in [1.54, 1.807) is 26.0 Å². The van der Waals surface area contributed by atoms with Crippen LogP contribution in [0, 0.1) is 10.1 Å². The smallest absolute Gasteiger partial charge is 0.274 e. The molecule has 36 heavy (non-hydrogen) atoms. The zero-order chi connectivity index (χ0) is 25.9. The van der Waals surface area contributed by atoms with Gasteiger partial charge < -0.3 is 34.7 Å². The SMILES string of the molecule is COc1cc2c(cc1OC)C(CCNC(=C[N+](=O)[O-])NCCSCc1ccc(CN(C)C)o1)NCC2. The Morgan fingerprint density at radius 3 is 2.67 bits per heavy atom. The minimum absolute atomic E-state index is 0.124. The summed E-state index contributed by atoms with van der Waals surface area (Å²) in [5.74, 6) is 5.28. The van der Waals surface area contributed by atoms with E-state index in [4.69, 9.17) is 13.9 Å². The molecule has 1 aliphatic heterocycles. The molecular formula is C25H37N5O5S.